The van der Waals surface area contributed by atoms with Gasteiger partial charge >= 0.3 is 5.97 Å². The summed E-state index contributed by atoms with van der Waals surface area (Å²) in [5, 5.41) is 2.57. The molecule has 2 amide bonds. The maximum Gasteiger partial charge on any atom is 0.337 e. The number of aliphatic imine (C=N–C) groups is 1. The van der Waals surface area contributed by atoms with E-state index in [4.69, 9.17) is 17.0 Å². The Kier molecular flexibility index (Phi) is 5.84. The molecule has 0 bridgehead atoms. The van der Waals surface area contributed by atoms with Gasteiger partial charge in [-0.1, -0.05) is 23.8 Å². The lowest BCUT2D eigenvalue weighted by Gasteiger charge is -2.31. The first-order valence-corrected chi connectivity index (χ1v) is 9.21. The van der Waals surface area contributed by atoms with Crippen molar-refractivity contribution in [3.63, 3.8) is 0 Å². The molecule has 1 N–H and O–H groups in total. The quantitative estimate of drug-likeness (QED) is 0.363. The Labute approximate surface area is 173 Å². The van der Waals surface area contributed by atoms with Crippen LogP contribution in [-0.2, 0) is 14.3 Å². The summed E-state index contributed by atoms with van der Waals surface area (Å²) in [5.41, 5.74) is 3.17. The van der Waals surface area contributed by atoms with Gasteiger partial charge in [0.05, 0.1) is 24.0 Å². The summed E-state index contributed by atoms with van der Waals surface area (Å²) in [4.78, 5) is 42.6. The SMILES string of the molecule is COC(=O)c1ccc(C)c(N=C[C@H]2C(=O)NC(=S)N(c3ccc(C)cc3)C2=O)c1. The highest BCUT2D eigenvalue weighted by atomic mass is 32.1. The van der Waals surface area contributed by atoms with Crippen LogP contribution in [0.25, 0.3) is 0 Å². The molecule has 0 unspecified atom stereocenters. The molecule has 2 aromatic carbocycles. The number of hydrogen-bond donors (Lipinski definition) is 1. The molecule has 3 rings (SSSR count). The van der Waals surface area contributed by atoms with E-state index in [1.165, 1.54) is 18.2 Å². The van der Waals surface area contributed by atoms with Crippen LogP contribution in [0.1, 0.15) is 21.5 Å². The average Bonchev–Trinajstić information content (AvgIpc) is 2.69. The first kappa shape index (κ1) is 20.3. The van der Waals surface area contributed by atoms with Gasteiger partial charge < -0.3 is 10.1 Å². The summed E-state index contributed by atoms with van der Waals surface area (Å²) in [5.74, 6) is -2.69. The molecule has 0 aromatic heterocycles. The molecule has 1 aliphatic heterocycles. The second-order valence-electron chi connectivity index (χ2n) is 6.55. The topological polar surface area (TPSA) is 88.1 Å². The first-order valence-electron chi connectivity index (χ1n) is 8.80. The molecule has 2 aromatic rings. The number of carbonyl (C=O) groups excluding carboxylic acids is 3. The molecule has 0 aliphatic carbocycles. The zero-order valence-corrected chi connectivity index (χ0v) is 16.9. The lowest BCUT2D eigenvalue weighted by Crippen LogP contribution is -2.58. The van der Waals surface area contributed by atoms with Crippen molar-refractivity contribution < 1.29 is 19.1 Å². The van der Waals surface area contributed by atoms with Gasteiger partial charge in [0.15, 0.2) is 11.0 Å². The van der Waals surface area contributed by atoms with E-state index in [9.17, 15) is 14.4 Å². The average molecular weight is 409 g/mol. The third kappa shape index (κ3) is 4.22. The summed E-state index contributed by atoms with van der Waals surface area (Å²) in [6, 6.07) is 12.1. The molecule has 1 saturated heterocycles. The number of nitrogens with one attached hydrogen (secondary N) is 1. The van der Waals surface area contributed by atoms with Crippen molar-refractivity contribution >= 4 is 52.7 Å². The van der Waals surface area contributed by atoms with Crippen molar-refractivity contribution in [2.75, 3.05) is 12.0 Å². The van der Waals surface area contributed by atoms with Crippen LogP contribution in [0, 0.1) is 19.8 Å². The van der Waals surface area contributed by atoms with Gasteiger partial charge in [-0.25, -0.2) is 4.79 Å². The second kappa shape index (κ2) is 8.32. The number of hydrogen-bond acceptors (Lipinski definition) is 6. The highest BCUT2D eigenvalue weighted by molar-refractivity contribution is 7.80. The Hall–Kier alpha value is -3.39. The molecule has 7 nitrogen and oxygen atoms in total. The van der Waals surface area contributed by atoms with Gasteiger partial charge in [-0.05, 0) is 55.9 Å². The van der Waals surface area contributed by atoms with Gasteiger partial charge in [0, 0.05) is 6.21 Å². The largest absolute Gasteiger partial charge is 0.465 e. The highest BCUT2D eigenvalue weighted by Gasteiger charge is 2.38. The Morgan fingerprint density at radius 2 is 1.86 bits per heavy atom. The number of methoxy groups -OCH3 is 1. The van der Waals surface area contributed by atoms with Crippen LogP contribution in [0.3, 0.4) is 0 Å². The van der Waals surface area contributed by atoms with E-state index in [0.29, 0.717) is 16.9 Å². The van der Waals surface area contributed by atoms with Crippen LogP contribution in [0.2, 0.25) is 0 Å². The molecule has 1 atom stereocenters. The van der Waals surface area contributed by atoms with E-state index in [1.807, 2.05) is 26.0 Å². The summed E-state index contributed by atoms with van der Waals surface area (Å²) < 4.78 is 4.71. The number of nitrogens with zero attached hydrogens (tertiary/aromatic N) is 2. The second-order valence-corrected chi connectivity index (χ2v) is 6.94. The first-order chi connectivity index (χ1) is 13.8. The number of aryl methyl sites for hydroxylation is 2. The molecule has 1 heterocycles. The van der Waals surface area contributed by atoms with Crippen molar-refractivity contribution in [3.8, 4) is 0 Å². The molecule has 0 saturated carbocycles. The molecule has 29 heavy (non-hydrogen) atoms. The number of carbonyl (C=O) groups is 3. The molecular weight excluding hydrogens is 390 g/mol. The van der Waals surface area contributed by atoms with Crippen LogP contribution in [0.5, 0.6) is 0 Å². The fourth-order valence-corrected chi connectivity index (χ4v) is 3.10. The van der Waals surface area contributed by atoms with Gasteiger partial charge in [-0.15, -0.1) is 0 Å². The standard InChI is InChI=1S/C21H19N3O4S/c1-12-4-8-15(9-5-12)24-19(26)16(18(25)23-21(24)29)11-22-17-10-14(20(27)28-3)7-6-13(17)2/h4-11,16H,1-3H3,(H,23,25,29)/t16-/m0/s1. The van der Waals surface area contributed by atoms with E-state index in [1.54, 1.807) is 30.3 Å². The highest BCUT2D eigenvalue weighted by Crippen LogP contribution is 2.23. The minimum Gasteiger partial charge on any atom is -0.465 e. The van der Waals surface area contributed by atoms with E-state index < -0.39 is 23.7 Å². The number of amides is 2. The lowest BCUT2D eigenvalue weighted by atomic mass is 10.1. The molecule has 148 valence electrons. The summed E-state index contributed by atoms with van der Waals surface area (Å²) >= 11 is 5.18. The molecule has 8 heteroatoms. The third-order valence-electron chi connectivity index (χ3n) is 4.49. The smallest absolute Gasteiger partial charge is 0.337 e. The minimum absolute atomic E-state index is 0.0253. The van der Waals surface area contributed by atoms with Gasteiger partial charge in [0.25, 0.3) is 5.91 Å². The predicted octanol–water partition coefficient (Wildman–Crippen LogP) is 2.86. The Bertz CT molecular complexity index is 1030. The van der Waals surface area contributed by atoms with Crippen molar-refractivity contribution in [1.82, 2.24) is 5.32 Å². The predicted molar refractivity (Wildman–Crippen MR) is 114 cm³/mol. The molecule has 1 fully saturated rings. The number of ether oxygens (including phenoxy) is 1. The number of esters is 1. The minimum atomic E-state index is -1.15. The number of thiocarbonyl (C=S) groups is 1. The molecule has 1 aliphatic rings. The molecule has 0 radical (unpaired) electrons. The van der Waals surface area contributed by atoms with Crippen molar-refractivity contribution in [2.24, 2.45) is 10.9 Å². The number of benzene rings is 2. The normalized spacial score (nSPS) is 16.9. The van der Waals surface area contributed by atoms with Crippen molar-refractivity contribution in [2.45, 2.75) is 13.8 Å². The fourth-order valence-electron chi connectivity index (χ4n) is 2.81. The van der Waals surface area contributed by atoms with Gasteiger partial charge in [0.1, 0.15) is 0 Å². The van der Waals surface area contributed by atoms with E-state index in [-0.39, 0.29) is 5.11 Å². The van der Waals surface area contributed by atoms with Crippen molar-refractivity contribution in [3.05, 3.63) is 59.2 Å². The maximum atomic E-state index is 13.0. The van der Waals surface area contributed by atoms with E-state index in [2.05, 4.69) is 10.3 Å². The third-order valence-corrected chi connectivity index (χ3v) is 4.77. The Balaban J connectivity index is 1.91. The monoisotopic (exact) mass is 409 g/mol. The molecular formula is C21H19N3O4S. The van der Waals surface area contributed by atoms with Crippen molar-refractivity contribution in [1.29, 1.82) is 0 Å². The summed E-state index contributed by atoms with van der Waals surface area (Å²) in [6.07, 6.45) is 1.27. The van der Waals surface area contributed by atoms with E-state index in [0.717, 1.165) is 11.1 Å². The lowest BCUT2D eigenvalue weighted by molar-refractivity contribution is -0.130. The van der Waals surface area contributed by atoms with Crippen LogP contribution in [0.4, 0.5) is 11.4 Å². The van der Waals surface area contributed by atoms with E-state index >= 15 is 0 Å². The fraction of sp³-hybridized carbons (Fsp3) is 0.190. The van der Waals surface area contributed by atoms with Crippen LogP contribution < -0.4 is 10.2 Å². The Morgan fingerprint density at radius 3 is 2.52 bits per heavy atom. The summed E-state index contributed by atoms with van der Waals surface area (Å²) in [6.45, 7) is 3.74. The zero-order chi connectivity index (χ0) is 21.1. The zero-order valence-electron chi connectivity index (χ0n) is 16.1. The number of rotatable bonds is 4. The van der Waals surface area contributed by atoms with Gasteiger partial charge in [-0.3, -0.25) is 19.5 Å². The summed E-state index contributed by atoms with van der Waals surface area (Å²) in [7, 11) is 1.29. The van der Waals surface area contributed by atoms with Gasteiger partial charge in [0.2, 0.25) is 5.91 Å². The van der Waals surface area contributed by atoms with Crippen LogP contribution in [0.15, 0.2) is 47.5 Å². The number of anilines is 1. The van der Waals surface area contributed by atoms with Crippen LogP contribution >= 0.6 is 12.2 Å². The van der Waals surface area contributed by atoms with Gasteiger partial charge in [-0.2, -0.15) is 0 Å². The molecule has 0 spiro atoms. The maximum absolute atomic E-state index is 13.0. The Morgan fingerprint density at radius 1 is 1.17 bits per heavy atom. The van der Waals surface area contributed by atoms with Crippen LogP contribution in [-0.4, -0.2) is 36.2 Å².